The predicted molar refractivity (Wildman–Crippen MR) is 44.3 cm³/mol. The number of carbonyl (C=O) groups excluding carboxylic acids is 1. The Labute approximate surface area is 67.5 Å². The zero-order chi connectivity index (χ0) is 8.32. The summed E-state index contributed by atoms with van der Waals surface area (Å²) in [7, 11) is 3.60. The number of hydrogen-bond acceptors (Lipinski definition) is 2. The van der Waals surface area contributed by atoms with Crippen molar-refractivity contribution in [3.8, 4) is 0 Å². The summed E-state index contributed by atoms with van der Waals surface area (Å²) < 4.78 is 0. The Hall–Kier alpha value is -0.570. The highest BCUT2D eigenvalue weighted by molar-refractivity contribution is 5.83. The Morgan fingerprint density at radius 1 is 1.45 bits per heavy atom. The van der Waals surface area contributed by atoms with Crippen LogP contribution >= 0.6 is 0 Å². The molecule has 0 saturated heterocycles. The van der Waals surface area contributed by atoms with Crippen molar-refractivity contribution in [2.24, 2.45) is 5.41 Å². The Morgan fingerprint density at radius 2 is 2.09 bits per heavy atom. The lowest BCUT2D eigenvalue weighted by molar-refractivity contribution is -0.135. The van der Waals surface area contributed by atoms with E-state index in [0.29, 0.717) is 0 Å². The fourth-order valence-corrected chi connectivity index (χ4v) is 1.69. The van der Waals surface area contributed by atoms with Crippen LogP contribution in [0.3, 0.4) is 0 Å². The zero-order valence-corrected chi connectivity index (χ0v) is 7.24. The molecular weight excluding hydrogens is 140 g/mol. The van der Waals surface area contributed by atoms with Crippen molar-refractivity contribution < 1.29 is 4.79 Å². The second kappa shape index (κ2) is 3.22. The Balaban J connectivity index is 2.52. The molecule has 0 aromatic carbocycles. The van der Waals surface area contributed by atoms with Gasteiger partial charge in [-0.25, -0.2) is 0 Å². The number of carbonyl (C=O) groups is 1. The second-order valence-electron chi connectivity index (χ2n) is 3.24. The first kappa shape index (κ1) is 8.53. The number of nitrogens with one attached hydrogen (secondary N) is 2. The smallest absolute Gasteiger partial charge is 0.227 e. The summed E-state index contributed by atoms with van der Waals surface area (Å²) in [5.74, 6) is 0.193. The van der Waals surface area contributed by atoms with Gasteiger partial charge in [-0.2, -0.15) is 0 Å². The molecule has 0 unspecified atom stereocenters. The molecule has 64 valence electrons. The molecular formula is C8H16N2O. The standard InChI is InChI=1S/C8H16N2O/c1-9-6-8(4-3-5-8)7(11)10-2/h9H,3-6H2,1-2H3,(H,10,11). The van der Waals surface area contributed by atoms with E-state index in [1.54, 1.807) is 7.05 Å². The first-order chi connectivity index (χ1) is 5.25. The molecule has 0 spiro atoms. The minimum atomic E-state index is -0.0799. The molecule has 1 fully saturated rings. The minimum Gasteiger partial charge on any atom is -0.359 e. The van der Waals surface area contributed by atoms with Crippen molar-refractivity contribution >= 4 is 5.91 Å². The van der Waals surface area contributed by atoms with Gasteiger partial charge in [-0.05, 0) is 19.9 Å². The van der Waals surface area contributed by atoms with Crippen LogP contribution in [-0.2, 0) is 4.79 Å². The third kappa shape index (κ3) is 1.38. The summed E-state index contributed by atoms with van der Waals surface area (Å²) in [6, 6.07) is 0. The van der Waals surface area contributed by atoms with Gasteiger partial charge in [0.1, 0.15) is 0 Å². The quantitative estimate of drug-likeness (QED) is 0.609. The zero-order valence-electron chi connectivity index (χ0n) is 7.24. The van der Waals surface area contributed by atoms with Crippen LogP contribution in [0.15, 0.2) is 0 Å². The van der Waals surface area contributed by atoms with Crippen LogP contribution in [0.5, 0.6) is 0 Å². The lowest BCUT2D eigenvalue weighted by Crippen LogP contribution is -2.50. The molecule has 0 atom stereocenters. The average molecular weight is 156 g/mol. The molecule has 0 aromatic rings. The summed E-state index contributed by atoms with van der Waals surface area (Å²) >= 11 is 0. The molecule has 0 bridgehead atoms. The third-order valence-corrected chi connectivity index (χ3v) is 2.53. The highest BCUT2D eigenvalue weighted by Gasteiger charge is 2.42. The van der Waals surface area contributed by atoms with Gasteiger partial charge in [-0.15, -0.1) is 0 Å². The highest BCUT2D eigenvalue weighted by Crippen LogP contribution is 2.40. The second-order valence-corrected chi connectivity index (χ2v) is 3.24. The summed E-state index contributed by atoms with van der Waals surface area (Å²) in [6.45, 7) is 0.812. The average Bonchev–Trinajstić information content (AvgIpc) is 1.95. The fourth-order valence-electron chi connectivity index (χ4n) is 1.69. The first-order valence-electron chi connectivity index (χ1n) is 4.12. The third-order valence-electron chi connectivity index (χ3n) is 2.53. The van der Waals surface area contributed by atoms with E-state index in [9.17, 15) is 4.79 Å². The van der Waals surface area contributed by atoms with Crippen molar-refractivity contribution in [2.75, 3.05) is 20.6 Å². The van der Waals surface area contributed by atoms with Gasteiger partial charge in [0.25, 0.3) is 0 Å². The van der Waals surface area contributed by atoms with E-state index in [2.05, 4.69) is 10.6 Å². The largest absolute Gasteiger partial charge is 0.359 e. The van der Waals surface area contributed by atoms with Gasteiger partial charge in [0.05, 0.1) is 5.41 Å². The van der Waals surface area contributed by atoms with E-state index in [-0.39, 0.29) is 11.3 Å². The van der Waals surface area contributed by atoms with Gasteiger partial charge in [-0.3, -0.25) is 4.79 Å². The Kier molecular flexibility index (Phi) is 2.49. The molecule has 1 saturated carbocycles. The van der Waals surface area contributed by atoms with E-state index in [0.717, 1.165) is 19.4 Å². The summed E-state index contributed by atoms with van der Waals surface area (Å²) in [4.78, 5) is 11.4. The highest BCUT2D eigenvalue weighted by atomic mass is 16.2. The molecule has 1 aliphatic carbocycles. The van der Waals surface area contributed by atoms with E-state index in [4.69, 9.17) is 0 Å². The summed E-state index contributed by atoms with van der Waals surface area (Å²) in [5, 5.41) is 5.78. The Morgan fingerprint density at radius 3 is 2.36 bits per heavy atom. The maximum absolute atomic E-state index is 11.4. The molecule has 0 aromatic heterocycles. The molecule has 0 heterocycles. The maximum atomic E-state index is 11.4. The monoisotopic (exact) mass is 156 g/mol. The molecule has 1 rings (SSSR count). The van der Waals surface area contributed by atoms with E-state index >= 15 is 0 Å². The number of hydrogen-bond donors (Lipinski definition) is 2. The van der Waals surface area contributed by atoms with Crippen LogP contribution in [0.2, 0.25) is 0 Å². The first-order valence-corrected chi connectivity index (χ1v) is 4.12. The van der Waals surface area contributed by atoms with E-state index in [1.165, 1.54) is 6.42 Å². The summed E-state index contributed by atoms with van der Waals surface area (Å²) in [5.41, 5.74) is -0.0799. The SMILES string of the molecule is CNCC1(C(=O)NC)CCC1. The number of amides is 1. The molecule has 1 aliphatic rings. The van der Waals surface area contributed by atoms with Crippen molar-refractivity contribution in [3.05, 3.63) is 0 Å². The molecule has 11 heavy (non-hydrogen) atoms. The van der Waals surface area contributed by atoms with Crippen LogP contribution in [0.1, 0.15) is 19.3 Å². The molecule has 2 N–H and O–H groups in total. The lowest BCUT2D eigenvalue weighted by Gasteiger charge is -2.39. The minimum absolute atomic E-state index is 0.0799. The van der Waals surface area contributed by atoms with Crippen molar-refractivity contribution in [1.29, 1.82) is 0 Å². The van der Waals surface area contributed by atoms with Gasteiger partial charge in [0.15, 0.2) is 0 Å². The van der Waals surface area contributed by atoms with E-state index < -0.39 is 0 Å². The molecule has 0 aliphatic heterocycles. The van der Waals surface area contributed by atoms with Crippen molar-refractivity contribution in [1.82, 2.24) is 10.6 Å². The fraction of sp³-hybridized carbons (Fsp3) is 0.875. The van der Waals surface area contributed by atoms with Crippen molar-refractivity contribution in [2.45, 2.75) is 19.3 Å². The topological polar surface area (TPSA) is 41.1 Å². The molecule has 3 heteroatoms. The number of rotatable bonds is 3. The van der Waals surface area contributed by atoms with Gasteiger partial charge >= 0.3 is 0 Å². The maximum Gasteiger partial charge on any atom is 0.227 e. The van der Waals surface area contributed by atoms with Crippen LogP contribution < -0.4 is 10.6 Å². The van der Waals surface area contributed by atoms with Crippen LogP contribution in [-0.4, -0.2) is 26.5 Å². The molecule has 1 amide bonds. The van der Waals surface area contributed by atoms with Gasteiger partial charge in [0.2, 0.25) is 5.91 Å². The van der Waals surface area contributed by atoms with Crippen LogP contribution in [0.4, 0.5) is 0 Å². The lowest BCUT2D eigenvalue weighted by atomic mass is 9.68. The van der Waals surface area contributed by atoms with Crippen molar-refractivity contribution in [3.63, 3.8) is 0 Å². The van der Waals surface area contributed by atoms with Gasteiger partial charge in [0, 0.05) is 13.6 Å². The summed E-state index contributed by atoms with van der Waals surface area (Å²) in [6.07, 6.45) is 3.26. The van der Waals surface area contributed by atoms with Gasteiger partial charge < -0.3 is 10.6 Å². The van der Waals surface area contributed by atoms with Crippen LogP contribution in [0.25, 0.3) is 0 Å². The normalized spacial score (nSPS) is 20.5. The molecule has 3 nitrogen and oxygen atoms in total. The van der Waals surface area contributed by atoms with E-state index in [1.807, 2.05) is 7.05 Å². The predicted octanol–water partition coefficient (Wildman–Crippen LogP) is 0.122. The van der Waals surface area contributed by atoms with Gasteiger partial charge in [-0.1, -0.05) is 6.42 Å². The Bertz CT molecular complexity index is 152. The van der Waals surface area contributed by atoms with Crippen LogP contribution in [0, 0.1) is 5.41 Å². The molecule has 0 radical (unpaired) electrons.